The van der Waals surface area contributed by atoms with Crippen LogP contribution < -0.4 is 11.2 Å². The van der Waals surface area contributed by atoms with Crippen LogP contribution in [0.25, 0.3) is 5.69 Å². The van der Waals surface area contributed by atoms with Crippen LogP contribution in [-0.2, 0) is 0 Å². The minimum Gasteiger partial charge on any atom is -0.313 e. The van der Waals surface area contributed by atoms with Gasteiger partial charge in [0.2, 0.25) is 0 Å². The number of carbonyl (C=O) groups is 1. The summed E-state index contributed by atoms with van der Waals surface area (Å²) in [5.74, 6) is -0.842. The third kappa shape index (κ3) is 2.37. The van der Waals surface area contributed by atoms with Crippen molar-refractivity contribution in [2.45, 2.75) is 13.3 Å². The summed E-state index contributed by atoms with van der Waals surface area (Å²) in [6, 6.07) is 4.86. The fourth-order valence-corrected chi connectivity index (χ4v) is 1.69. The van der Waals surface area contributed by atoms with Gasteiger partial charge in [0, 0.05) is 12.6 Å². The second-order valence-corrected chi connectivity index (χ2v) is 3.90. The number of aromatic nitrogens is 2. The van der Waals surface area contributed by atoms with Crippen LogP contribution in [0.2, 0.25) is 0 Å². The molecule has 0 saturated carbocycles. The van der Waals surface area contributed by atoms with E-state index in [1.165, 1.54) is 12.1 Å². The van der Waals surface area contributed by atoms with E-state index in [9.17, 15) is 18.8 Å². The molecule has 0 bridgehead atoms. The molecule has 1 heterocycles. The van der Waals surface area contributed by atoms with Crippen molar-refractivity contribution in [3.05, 3.63) is 62.7 Å². The molecular weight excluding hydrogens is 251 g/mol. The molecule has 19 heavy (non-hydrogen) atoms. The Morgan fingerprint density at radius 2 is 1.89 bits per heavy atom. The Hall–Kier alpha value is -2.50. The second-order valence-electron chi connectivity index (χ2n) is 3.90. The van der Waals surface area contributed by atoms with Crippen LogP contribution in [0.4, 0.5) is 4.39 Å². The van der Waals surface area contributed by atoms with Crippen molar-refractivity contribution in [3.63, 3.8) is 0 Å². The number of carbonyl (C=O) groups excluding carboxylic acids is 1. The number of benzene rings is 1. The number of aromatic amines is 1. The third-order valence-corrected chi connectivity index (χ3v) is 2.68. The van der Waals surface area contributed by atoms with Crippen LogP contribution in [0, 0.1) is 5.82 Å². The lowest BCUT2D eigenvalue weighted by atomic mass is 10.2. The molecule has 0 aliphatic heterocycles. The molecule has 2 rings (SSSR count). The summed E-state index contributed by atoms with van der Waals surface area (Å²) in [5.41, 5.74) is -1.27. The van der Waals surface area contributed by atoms with Gasteiger partial charge in [-0.25, -0.2) is 13.8 Å². The molecule has 0 unspecified atom stereocenters. The van der Waals surface area contributed by atoms with Crippen LogP contribution in [0.3, 0.4) is 0 Å². The topological polar surface area (TPSA) is 71.9 Å². The van der Waals surface area contributed by atoms with Crippen molar-refractivity contribution >= 4 is 5.78 Å². The molecule has 5 nitrogen and oxygen atoms in total. The molecular formula is C13H11FN2O3. The summed E-state index contributed by atoms with van der Waals surface area (Å²) < 4.78 is 13.6. The van der Waals surface area contributed by atoms with Gasteiger partial charge >= 0.3 is 5.69 Å². The van der Waals surface area contributed by atoms with Crippen molar-refractivity contribution in [3.8, 4) is 5.69 Å². The van der Waals surface area contributed by atoms with Gasteiger partial charge in [-0.3, -0.25) is 9.59 Å². The highest BCUT2D eigenvalue weighted by atomic mass is 19.1. The maximum atomic E-state index is 12.8. The monoisotopic (exact) mass is 262 g/mol. The molecule has 0 atom stereocenters. The molecule has 0 fully saturated rings. The van der Waals surface area contributed by atoms with E-state index < -0.39 is 17.1 Å². The minimum absolute atomic E-state index is 0.0913. The number of rotatable bonds is 3. The summed E-state index contributed by atoms with van der Waals surface area (Å²) in [7, 11) is 0. The third-order valence-electron chi connectivity index (χ3n) is 2.68. The average molecular weight is 262 g/mol. The van der Waals surface area contributed by atoms with Crippen LogP contribution in [0.15, 0.2) is 40.1 Å². The van der Waals surface area contributed by atoms with Crippen molar-refractivity contribution in [2.24, 2.45) is 0 Å². The van der Waals surface area contributed by atoms with Gasteiger partial charge < -0.3 is 4.98 Å². The van der Waals surface area contributed by atoms with Crippen LogP contribution >= 0.6 is 0 Å². The smallest absolute Gasteiger partial charge is 0.313 e. The highest BCUT2D eigenvalue weighted by molar-refractivity contribution is 5.95. The maximum absolute atomic E-state index is 12.8. The molecule has 0 spiro atoms. The molecule has 6 heteroatoms. The molecule has 0 aliphatic rings. The Morgan fingerprint density at radius 1 is 1.26 bits per heavy atom. The Balaban J connectivity index is 2.70. The zero-order valence-electron chi connectivity index (χ0n) is 10.1. The van der Waals surface area contributed by atoms with E-state index >= 15 is 0 Å². The van der Waals surface area contributed by atoms with Gasteiger partial charge in [-0.2, -0.15) is 0 Å². The van der Waals surface area contributed by atoms with Crippen LogP contribution in [0.1, 0.15) is 23.7 Å². The van der Waals surface area contributed by atoms with Gasteiger partial charge in [-0.05, 0) is 24.3 Å². The first-order valence-corrected chi connectivity index (χ1v) is 5.68. The fraction of sp³-hybridized carbons (Fsp3) is 0.154. The second kappa shape index (κ2) is 5.01. The van der Waals surface area contributed by atoms with Gasteiger partial charge in [-0.15, -0.1) is 0 Å². The van der Waals surface area contributed by atoms with Gasteiger partial charge in [0.15, 0.2) is 5.78 Å². The molecule has 1 N–H and O–H groups in total. The van der Waals surface area contributed by atoms with E-state index in [0.717, 1.165) is 22.9 Å². The molecule has 2 aromatic rings. The Labute approximate surface area is 107 Å². The number of hydrogen-bond donors (Lipinski definition) is 1. The zero-order chi connectivity index (χ0) is 14.0. The summed E-state index contributed by atoms with van der Waals surface area (Å²) in [4.78, 5) is 37.7. The number of nitrogens with one attached hydrogen (secondary N) is 1. The predicted molar refractivity (Wildman–Crippen MR) is 67.2 cm³/mol. The first-order valence-electron chi connectivity index (χ1n) is 5.68. The average Bonchev–Trinajstić information content (AvgIpc) is 2.40. The number of nitrogens with zero attached hydrogens (tertiary/aromatic N) is 1. The number of halogens is 1. The fourth-order valence-electron chi connectivity index (χ4n) is 1.69. The van der Waals surface area contributed by atoms with E-state index in [1.807, 2.05) is 0 Å². The first-order chi connectivity index (χ1) is 9.04. The summed E-state index contributed by atoms with van der Waals surface area (Å²) in [6.07, 6.45) is 1.27. The normalized spacial score (nSPS) is 10.4. The van der Waals surface area contributed by atoms with E-state index in [1.54, 1.807) is 6.92 Å². The van der Waals surface area contributed by atoms with Gasteiger partial charge in [0.25, 0.3) is 5.56 Å². The largest absolute Gasteiger partial charge is 0.333 e. The Kier molecular flexibility index (Phi) is 3.41. The number of Topliss-reactive ketones (excluding diaryl/α,β-unsaturated/α-hetero) is 1. The van der Waals surface area contributed by atoms with E-state index in [0.29, 0.717) is 0 Å². The summed E-state index contributed by atoms with van der Waals surface area (Å²) >= 11 is 0. The Morgan fingerprint density at radius 3 is 2.47 bits per heavy atom. The number of H-pyrrole nitrogens is 1. The van der Waals surface area contributed by atoms with Crippen LogP contribution in [0.5, 0.6) is 0 Å². The van der Waals surface area contributed by atoms with Crippen LogP contribution in [-0.4, -0.2) is 15.3 Å². The molecule has 1 aromatic carbocycles. The number of hydrogen-bond acceptors (Lipinski definition) is 3. The lowest BCUT2D eigenvalue weighted by Gasteiger charge is -2.05. The Bertz CT molecular complexity index is 729. The first kappa shape index (κ1) is 12.9. The number of ketones is 1. The minimum atomic E-state index is -0.706. The maximum Gasteiger partial charge on any atom is 0.333 e. The lowest BCUT2D eigenvalue weighted by Crippen LogP contribution is -2.36. The van der Waals surface area contributed by atoms with Gasteiger partial charge in [0.1, 0.15) is 5.82 Å². The van der Waals surface area contributed by atoms with Gasteiger partial charge in [-0.1, -0.05) is 6.92 Å². The summed E-state index contributed by atoms with van der Waals surface area (Å²) in [6.45, 7) is 1.62. The van der Waals surface area contributed by atoms with Crippen molar-refractivity contribution in [1.82, 2.24) is 9.55 Å². The molecule has 98 valence electrons. The van der Waals surface area contributed by atoms with E-state index in [2.05, 4.69) is 4.98 Å². The molecule has 0 aliphatic carbocycles. The molecule has 0 radical (unpaired) electrons. The zero-order valence-corrected chi connectivity index (χ0v) is 10.1. The van der Waals surface area contributed by atoms with Crippen molar-refractivity contribution < 1.29 is 9.18 Å². The molecule has 0 saturated heterocycles. The van der Waals surface area contributed by atoms with E-state index in [-0.39, 0.29) is 23.5 Å². The standard InChI is InChI=1S/C13H11FN2O3/c1-2-11(17)10-7-15-13(19)16(12(10)18)9-5-3-8(14)4-6-9/h3-7H,2H2,1H3,(H,15,19). The van der Waals surface area contributed by atoms with E-state index in [4.69, 9.17) is 0 Å². The van der Waals surface area contributed by atoms with Gasteiger partial charge in [0.05, 0.1) is 11.3 Å². The van der Waals surface area contributed by atoms with Crippen molar-refractivity contribution in [2.75, 3.05) is 0 Å². The lowest BCUT2D eigenvalue weighted by molar-refractivity contribution is 0.0986. The quantitative estimate of drug-likeness (QED) is 0.846. The van der Waals surface area contributed by atoms with Crippen molar-refractivity contribution in [1.29, 1.82) is 0 Å². The summed E-state index contributed by atoms with van der Waals surface area (Å²) in [5, 5.41) is 0. The highest BCUT2D eigenvalue weighted by Gasteiger charge is 2.14. The molecule has 1 aromatic heterocycles. The SMILES string of the molecule is CCC(=O)c1c[nH]c(=O)n(-c2ccc(F)cc2)c1=O. The predicted octanol–water partition coefficient (Wildman–Crippen LogP) is 1.26. The highest BCUT2D eigenvalue weighted by Crippen LogP contribution is 2.05. The molecule has 0 amide bonds.